The van der Waals surface area contributed by atoms with E-state index in [4.69, 9.17) is 11.6 Å². The minimum absolute atomic E-state index is 0.0567. The quantitative estimate of drug-likeness (QED) is 0.889. The minimum Gasteiger partial charge on any atom is -0.480 e. The third-order valence-corrected chi connectivity index (χ3v) is 5.82. The molecule has 2 aromatic rings. The van der Waals surface area contributed by atoms with Gasteiger partial charge < -0.3 is 9.67 Å². The van der Waals surface area contributed by atoms with Crippen LogP contribution in [0.15, 0.2) is 35.3 Å². The first-order chi connectivity index (χ1) is 12.4. The number of Topliss-reactive ketones (excluding diaryl/α,β-unsaturated/α-hetero) is 1. The van der Waals surface area contributed by atoms with Crippen molar-refractivity contribution < 1.29 is 14.7 Å². The van der Waals surface area contributed by atoms with Crippen molar-refractivity contribution in [3.8, 4) is 11.1 Å². The van der Waals surface area contributed by atoms with Crippen LogP contribution in [-0.4, -0.2) is 21.4 Å². The number of rotatable bonds is 3. The van der Waals surface area contributed by atoms with E-state index in [9.17, 15) is 19.5 Å². The smallest absolute Gasteiger partial charge is 0.326 e. The van der Waals surface area contributed by atoms with Crippen LogP contribution in [0.25, 0.3) is 11.1 Å². The van der Waals surface area contributed by atoms with Crippen LogP contribution in [0.1, 0.15) is 54.6 Å². The van der Waals surface area contributed by atoms with E-state index in [1.54, 1.807) is 13.0 Å². The average Bonchev–Trinajstić information content (AvgIpc) is 3.36. The van der Waals surface area contributed by atoms with Gasteiger partial charge >= 0.3 is 5.97 Å². The minimum atomic E-state index is -1.09. The fourth-order valence-electron chi connectivity index (χ4n) is 4.02. The number of benzene rings is 1. The Balaban J connectivity index is 1.99. The maximum absolute atomic E-state index is 13.0. The van der Waals surface area contributed by atoms with Crippen LogP contribution in [0.3, 0.4) is 0 Å². The highest BCUT2D eigenvalue weighted by Crippen LogP contribution is 2.56. The molecule has 1 aromatic carbocycles. The highest BCUT2D eigenvalue weighted by molar-refractivity contribution is 6.31. The number of carboxylic acid groups (broad SMARTS) is 1. The number of nitrogens with zero attached hydrogens (tertiary/aromatic N) is 1. The monoisotopic (exact) mass is 371 g/mol. The molecular formula is C20H18ClNO4. The average molecular weight is 372 g/mol. The van der Waals surface area contributed by atoms with Crippen LogP contribution in [0.4, 0.5) is 0 Å². The molecule has 1 spiro atoms. The molecule has 1 unspecified atom stereocenters. The molecule has 1 N–H and O–H groups in total. The molecule has 0 radical (unpaired) electrons. The highest BCUT2D eigenvalue weighted by atomic mass is 35.5. The number of aliphatic carboxylic acids is 1. The van der Waals surface area contributed by atoms with Crippen LogP contribution >= 0.6 is 11.6 Å². The molecule has 5 nitrogen and oxygen atoms in total. The molecule has 2 aliphatic carbocycles. The predicted octanol–water partition coefficient (Wildman–Crippen LogP) is 3.82. The van der Waals surface area contributed by atoms with Crippen molar-refractivity contribution in [3.05, 3.63) is 57.0 Å². The van der Waals surface area contributed by atoms with Crippen molar-refractivity contribution in [1.82, 2.24) is 4.57 Å². The van der Waals surface area contributed by atoms with Crippen molar-refractivity contribution in [2.45, 2.75) is 44.1 Å². The molecule has 6 heteroatoms. The molecule has 2 aliphatic rings. The molecule has 1 aromatic heterocycles. The molecule has 1 fully saturated rings. The van der Waals surface area contributed by atoms with E-state index in [0.29, 0.717) is 22.6 Å². The lowest BCUT2D eigenvalue weighted by atomic mass is 9.88. The van der Waals surface area contributed by atoms with E-state index in [0.717, 1.165) is 28.5 Å². The van der Waals surface area contributed by atoms with E-state index in [2.05, 4.69) is 0 Å². The number of carboxylic acids is 1. The zero-order valence-corrected chi connectivity index (χ0v) is 15.0. The SMILES string of the molecule is CCC(C(=O)O)n1cc2c(cc1=O)-c1cc(Cl)ccc1C1(CC1)CC2=O. The molecule has 26 heavy (non-hydrogen) atoms. The summed E-state index contributed by atoms with van der Waals surface area (Å²) in [5.41, 5.74) is 2.21. The Kier molecular flexibility index (Phi) is 3.81. The largest absolute Gasteiger partial charge is 0.480 e. The lowest BCUT2D eigenvalue weighted by Gasteiger charge is -2.17. The number of hydrogen-bond donors (Lipinski definition) is 1. The van der Waals surface area contributed by atoms with Gasteiger partial charge in [0, 0.05) is 34.7 Å². The second-order valence-corrected chi connectivity index (χ2v) is 7.62. The number of aromatic nitrogens is 1. The van der Waals surface area contributed by atoms with E-state index in [1.807, 2.05) is 12.1 Å². The van der Waals surface area contributed by atoms with E-state index >= 15 is 0 Å². The van der Waals surface area contributed by atoms with Gasteiger partial charge in [0.2, 0.25) is 0 Å². The van der Waals surface area contributed by atoms with Crippen LogP contribution in [0.5, 0.6) is 0 Å². The van der Waals surface area contributed by atoms with Gasteiger partial charge in [0.05, 0.1) is 0 Å². The van der Waals surface area contributed by atoms with Gasteiger partial charge in [-0.1, -0.05) is 24.6 Å². The zero-order chi connectivity index (χ0) is 18.6. The molecule has 0 bridgehead atoms. The summed E-state index contributed by atoms with van der Waals surface area (Å²) in [6.45, 7) is 1.70. The highest BCUT2D eigenvalue weighted by Gasteiger charge is 2.49. The first-order valence-electron chi connectivity index (χ1n) is 8.69. The number of hydrogen-bond acceptors (Lipinski definition) is 3. The second kappa shape index (κ2) is 5.81. The van der Waals surface area contributed by atoms with Crippen LogP contribution in [-0.2, 0) is 10.2 Å². The number of halogens is 1. The van der Waals surface area contributed by atoms with Gasteiger partial charge in [0.1, 0.15) is 6.04 Å². The Bertz CT molecular complexity index is 1000. The summed E-state index contributed by atoms with van der Waals surface area (Å²) < 4.78 is 1.16. The Labute approximate surface area is 155 Å². The van der Waals surface area contributed by atoms with Crippen LogP contribution in [0, 0.1) is 0 Å². The maximum atomic E-state index is 13.0. The van der Waals surface area contributed by atoms with Gasteiger partial charge in [-0.3, -0.25) is 9.59 Å². The molecule has 0 amide bonds. The topological polar surface area (TPSA) is 76.4 Å². The molecule has 0 aliphatic heterocycles. The van der Waals surface area contributed by atoms with Crippen molar-refractivity contribution >= 4 is 23.4 Å². The van der Waals surface area contributed by atoms with Crippen molar-refractivity contribution in [2.75, 3.05) is 0 Å². The summed E-state index contributed by atoms with van der Waals surface area (Å²) in [5.74, 6) is -1.14. The Morgan fingerprint density at radius 3 is 2.58 bits per heavy atom. The van der Waals surface area contributed by atoms with Crippen molar-refractivity contribution in [2.24, 2.45) is 0 Å². The van der Waals surface area contributed by atoms with Gasteiger partial charge in [-0.05, 0) is 48.1 Å². The molecule has 1 atom stereocenters. The lowest BCUT2D eigenvalue weighted by Crippen LogP contribution is -2.30. The zero-order valence-electron chi connectivity index (χ0n) is 14.3. The summed E-state index contributed by atoms with van der Waals surface area (Å²) in [6.07, 6.45) is 3.91. The number of fused-ring (bicyclic) bond motifs is 4. The fourth-order valence-corrected chi connectivity index (χ4v) is 4.20. The number of carbonyl (C=O) groups is 2. The number of ketones is 1. The van der Waals surface area contributed by atoms with Crippen molar-refractivity contribution in [1.29, 1.82) is 0 Å². The van der Waals surface area contributed by atoms with Crippen LogP contribution < -0.4 is 5.56 Å². The van der Waals surface area contributed by atoms with Crippen molar-refractivity contribution in [3.63, 3.8) is 0 Å². The van der Waals surface area contributed by atoms with Gasteiger partial charge in [0.15, 0.2) is 5.78 Å². The maximum Gasteiger partial charge on any atom is 0.326 e. The summed E-state index contributed by atoms with van der Waals surface area (Å²) in [6, 6.07) is 5.96. The standard InChI is InChI=1S/C20H18ClNO4/c1-2-16(19(25)26)22-10-14-12(8-18(22)24)13-7-11(21)3-4-15(13)20(5-6-20)9-17(14)23/h3-4,7-8,10,16H,2,5-6,9H2,1H3,(H,25,26). The van der Waals surface area contributed by atoms with Gasteiger partial charge in [0.25, 0.3) is 5.56 Å². The summed E-state index contributed by atoms with van der Waals surface area (Å²) in [5, 5.41) is 9.94. The Morgan fingerprint density at radius 2 is 1.96 bits per heavy atom. The molecule has 134 valence electrons. The number of pyridine rings is 1. The molecule has 1 saturated carbocycles. The molecule has 0 saturated heterocycles. The lowest BCUT2D eigenvalue weighted by molar-refractivity contribution is -0.141. The first kappa shape index (κ1) is 17.0. The second-order valence-electron chi connectivity index (χ2n) is 7.18. The first-order valence-corrected chi connectivity index (χ1v) is 9.07. The molecule has 4 rings (SSSR count). The van der Waals surface area contributed by atoms with Gasteiger partial charge in [-0.25, -0.2) is 4.79 Å². The summed E-state index contributed by atoms with van der Waals surface area (Å²) in [4.78, 5) is 37.1. The molecular weight excluding hydrogens is 354 g/mol. The third kappa shape index (κ3) is 2.50. The van der Waals surface area contributed by atoms with E-state index in [1.165, 1.54) is 12.3 Å². The fraction of sp³-hybridized carbons (Fsp3) is 0.350. The number of carbonyl (C=O) groups excluding carboxylic acids is 1. The van der Waals surface area contributed by atoms with E-state index in [-0.39, 0.29) is 17.6 Å². The van der Waals surface area contributed by atoms with Gasteiger partial charge in [-0.2, -0.15) is 0 Å². The predicted molar refractivity (Wildman–Crippen MR) is 98.0 cm³/mol. The van der Waals surface area contributed by atoms with Gasteiger partial charge in [-0.15, -0.1) is 0 Å². The van der Waals surface area contributed by atoms with Crippen LogP contribution in [0.2, 0.25) is 5.02 Å². The molecule has 1 heterocycles. The summed E-state index contributed by atoms with van der Waals surface area (Å²) in [7, 11) is 0. The Morgan fingerprint density at radius 1 is 1.23 bits per heavy atom. The Hall–Kier alpha value is -2.40. The normalized spacial score (nSPS) is 18.0. The summed E-state index contributed by atoms with van der Waals surface area (Å²) >= 11 is 6.19. The third-order valence-electron chi connectivity index (χ3n) is 5.58. The van der Waals surface area contributed by atoms with E-state index < -0.39 is 17.6 Å².